The summed E-state index contributed by atoms with van der Waals surface area (Å²) in [5.74, 6) is 0.103. The monoisotopic (exact) mass is 234 g/mol. The maximum Gasteiger partial charge on any atom is 0.325 e. The first kappa shape index (κ1) is 11.6. The highest BCUT2D eigenvalue weighted by Gasteiger charge is 2.16. The molecule has 0 fully saturated rings. The minimum absolute atomic E-state index is 0.0528. The van der Waals surface area contributed by atoms with Crippen LogP contribution in [0.2, 0.25) is 0 Å². The zero-order valence-corrected chi connectivity index (χ0v) is 9.75. The summed E-state index contributed by atoms with van der Waals surface area (Å²) >= 11 is 0. The third kappa shape index (κ3) is 2.14. The van der Waals surface area contributed by atoms with E-state index in [-0.39, 0.29) is 12.5 Å². The number of hydrogen-bond acceptors (Lipinski definition) is 4. The fourth-order valence-electron chi connectivity index (χ4n) is 1.77. The number of carbonyl (C=O) groups is 1. The molecule has 1 heterocycles. The van der Waals surface area contributed by atoms with Gasteiger partial charge in [-0.15, -0.1) is 0 Å². The molecule has 0 aliphatic carbocycles. The van der Waals surface area contributed by atoms with Crippen LogP contribution in [0.4, 0.5) is 0 Å². The first-order chi connectivity index (χ1) is 8.13. The fraction of sp³-hybridized carbons (Fsp3) is 0.333. The summed E-state index contributed by atoms with van der Waals surface area (Å²) in [6.07, 6.45) is -0.730. The van der Waals surface area contributed by atoms with Gasteiger partial charge in [0.15, 0.2) is 0 Å². The van der Waals surface area contributed by atoms with E-state index >= 15 is 0 Å². The van der Waals surface area contributed by atoms with Crippen LogP contribution in [-0.4, -0.2) is 27.7 Å². The van der Waals surface area contributed by atoms with Crippen molar-refractivity contribution in [1.29, 1.82) is 0 Å². The average molecular weight is 234 g/mol. The van der Waals surface area contributed by atoms with Crippen LogP contribution in [0, 0.1) is 0 Å². The molecule has 0 amide bonds. The first-order valence-corrected chi connectivity index (χ1v) is 5.33. The predicted molar refractivity (Wildman–Crippen MR) is 62.4 cm³/mol. The van der Waals surface area contributed by atoms with E-state index in [2.05, 4.69) is 9.72 Å². The van der Waals surface area contributed by atoms with E-state index in [0.717, 1.165) is 11.0 Å². The SMILES string of the molecule is COC(=O)Cn1c(C(C)O)nc2ccccc21. The van der Waals surface area contributed by atoms with Crippen LogP contribution in [0.15, 0.2) is 24.3 Å². The van der Waals surface area contributed by atoms with Crippen LogP contribution < -0.4 is 0 Å². The molecular weight excluding hydrogens is 220 g/mol. The number of fused-ring (bicyclic) bond motifs is 1. The lowest BCUT2D eigenvalue weighted by molar-refractivity contribution is -0.141. The van der Waals surface area contributed by atoms with Gasteiger partial charge in [0.05, 0.1) is 18.1 Å². The lowest BCUT2D eigenvalue weighted by atomic mass is 10.3. The van der Waals surface area contributed by atoms with Crippen LogP contribution in [0.25, 0.3) is 11.0 Å². The smallest absolute Gasteiger partial charge is 0.325 e. The largest absolute Gasteiger partial charge is 0.468 e. The van der Waals surface area contributed by atoms with E-state index in [9.17, 15) is 9.90 Å². The van der Waals surface area contributed by atoms with Gasteiger partial charge in [0.25, 0.3) is 0 Å². The molecule has 0 radical (unpaired) electrons. The minimum Gasteiger partial charge on any atom is -0.468 e. The van der Waals surface area contributed by atoms with E-state index in [1.807, 2.05) is 24.3 Å². The molecule has 0 saturated heterocycles. The number of ether oxygens (including phenoxy) is 1. The quantitative estimate of drug-likeness (QED) is 0.812. The second-order valence-corrected chi connectivity index (χ2v) is 3.80. The summed E-state index contributed by atoms with van der Waals surface area (Å²) < 4.78 is 6.31. The number of benzene rings is 1. The van der Waals surface area contributed by atoms with Crippen LogP contribution in [-0.2, 0) is 16.1 Å². The Morgan fingerprint density at radius 1 is 1.53 bits per heavy atom. The number of esters is 1. The maximum absolute atomic E-state index is 11.3. The van der Waals surface area contributed by atoms with E-state index < -0.39 is 6.10 Å². The van der Waals surface area contributed by atoms with Gasteiger partial charge in [-0.1, -0.05) is 12.1 Å². The minimum atomic E-state index is -0.730. The molecule has 0 aliphatic heterocycles. The van der Waals surface area contributed by atoms with Gasteiger partial charge < -0.3 is 14.4 Å². The van der Waals surface area contributed by atoms with Crippen molar-refractivity contribution in [3.8, 4) is 0 Å². The number of methoxy groups -OCH3 is 1. The van der Waals surface area contributed by atoms with Crippen molar-refractivity contribution in [2.24, 2.45) is 0 Å². The van der Waals surface area contributed by atoms with Crippen molar-refractivity contribution >= 4 is 17.0 Å². The van der Waals surface area contributed by atoms with E-state index in [1.165, 1.54) is 7.11 Å². The lowest BCUT2D eigenvalue weighted by Crippen LogP contribution is -2.15. The van der Waals surface area contributed by atoms with Gasteiger partial charge in [0, 0.05) is 0 Å². The number of para-hydroxylation sites is 2. The maximum atomic E-state index is 11.3. The number of aliphatic hydroxyl groups is 1. The molecule has 5 nitrogen and oxygen atoms in total. The Bertz CT molecular complexity index is 546. The summed E-state index contributed by atoms with van der Waals surface area (Å²) in [7, 11) is 1.34. The number of carbonyl (C=O) groups excluding carboxylic acids is 1. The molecule has 0 spiro atoms. The third-order valence-corrected chi connectivity index (χ3v) is 2.57. The number of aliphatic hydroxyl groups excluding tert-OH is 1. The Morgan fingerprint density at radius 3 is 2.88 bits per heavy atom. The number of aromatic nitrogens is 2. The summed E-state index contributed by atoms with van der Waals surface area (Å²) in [5, 5.41) is 9.66. The second-order valence-electron chi connectivity index (χ2n) is 3.80. The van der Waals surface area contributed by atoms with Gasteiger partial charge in [0.1, 0.15) is 18.5 Å². The molecule has 0 saturated carbocycles. The fourth-order valence-corrected chi connectivity index (χ4v) is 1.77. The molecule has 1 atom stereocenters. The Kier molecular flexibility index (Phi) is 3.10. The van der Waals surface area contributed by atoms with Crippen LogP contribution in [0.5, 0.6) is 0 Å². The Hall–Kier alpha value is -1.88. The molecule has 2 rings (SSSR count). The van der Waals surface area contributed by atoms with Gasteiger partial charge in [0.2, 0.25) is 0 Å². The standard InChI is InChI=1S/C12H14N2O3/c1-8(15)12-13-9-5-3-4-6-10(9)14(12)7-11(16)17-2/h3-6,8,15H,7H2,1-2H3. The number of hydrogen-bond donors (Lipinski definition) is 1. The van der Waals surface area contributed by atoms with Crippen molar-refractivity contribution < 1.29 is 14.6 Å². The molecule has 1 aromatic carbocycles. The molecule has 1 aromatic heterocycles. The number of nitrogens with zero attached hydrogens (tertiary/aromatic N) is 2. The lowest BCUT2D eigenvalue weighted by Gasteiger charge is -2.09. The van der Waals surface area contributed by atoms with Gasteiger partial charge in [-0.2, -0.15) is 0 Å². The van der Waals surface area contributed by atoms with Crippen molar-refractivity contribution in [2.45, 2.75) is 19.6 Å². The Balaban J connectivity index is 2.55. The highest BCUT2D eigenvalue weighted by Crippen LogP contribution is 2.20. The Morgan fingerprint density at radius 2 is 2.24 bits per heavy atom. The van der Waals surface area contributed by atoms with Crippen molar-refractivity contribution in [1.82, 2.24) is 9.55 Å². The molecule has 2 aromatic rings. The normalized spacial score (nSPS) is 12.6. The van der Waals surface area contributed by atoms with Gasteiger partial charge >= 0.3 is 5.97 Å². The molecule has 1 N–H and O–H groups in total. The number of imidazole rings is 1. The summed E-state index contributed by atoms with van der Waals surface area (Å²) in [4.78, 5) is 15.6. The Labute approximate surface area is 98.6 Å². The zero-order chi connectivity index (χ0) is 12.4. The molecule has 5 heteroatoms. The summed E-state index contributed by atoms with van der Waals surface area (Å²) in [5.41, 5.74) is 1.57. The summed E-state index contributed by atoms with van der Waals surface area (Å²) in [6, 6.07) is 7.43. The van der Waals surface area contributed by atoms with Gasteiger partial charge in [-0.05, 0) is 19.1 Å². The highest BCUT2D eigenvalue weighted by molar-refractivity contribution is 5.78. The average Bonchev–Trinajstić information content (AvgIpc) is 2.68. The van der Waals surface area contributed by atoms with E-state index in [0.29, 0.717) is 5.82 Å². The predicted octanol–water partition coefficient (Wildman–Crippen LogP) is 1.26. The topological polar surface area (TPSA) is 64.3 Å². The molecular formula is C12H14N2O3. The van der Waals surface area contributed by atoms with Crippen LogP contribution in [0.1, 0.15) is 18.9 Å². The molecule has 0 bridgehead atoms. The van der Waals surface area contributed by atoms with Crippen molar-refractivity contribution in [2.75, 3.05) is 7.11 Å². The summed E-state index contributed by atoms with van der Waals surface area (Å²) in [6.45, 7) is 1.67. The molecule has 17 heavy (non-hydrogen) atoms. The van der Waals surface area contributed by atoms with E-state index in [4.69, 9.17) is 0 Å². The van der Waals surface area contributed by atoms with Crippen LogP contribution in [0.3, 0.4) is 0 Å². The third-order valence-electron chi connectivity index (χ3n) is 2.57. The number of rotatable bonds is 3. The van der Waals surface area contributed by atoms with Gasteiger partial charge in [-0.25, -0.2) is 4.98 Å². The van der Waals surface area contributed by atoms with Crippen molar-refractivity contribution in [3.05, 3.63) is 30.1 Å². The zero-order valence-electron chi connectivity index (χ0n) is 9.75. The van der Waals surface area contributed by atoms with E-state index in [1.54, 1.807) is 11.5 Å². The second kappa shape index (κ2) is 4.55. The molecule has 0 aliphatic rings. The molecule has 90 valence electrons. The highest BCUT2D eigenvalue weighted by atomic mass is 16.5. The van der Waals surface area contributed by atoms with Crippen LogP contribution >= 0.6 is 0 Å². The first-order valence-electron chi connectivity index (χ1n) is 5.33. The molecule has 1 unspecified atom stereocenters. The van der Waals surface area contributed by atoms with Crippen molar-refractivity contribution in [3.63, 3.8) is 0 Å². The van der Waals surface area contributed by atoms with Gasteiger partial charge in [-0.3, -0.25) is 4.79 Å².